The van der Waals surface area contributed by atoms with Crippen molar-refractivity contribution in [2.45, 2.75) is 20.8 Å². The van der Waals surface area contributed by atoms with Crippen LogP contribution < -0.4 is 10.6 Å². The number of fused-ring (bicyclic) bond motifs is 2. The van der Waals surface area contributed by atoms with Crippen LogP contribution in [0.25, 0.3) is 55.8 Å². The van der Waals surface area contributed by atoms with Gasteiger partial charge in [-0.3, -0.25) is 24.8 Å². The van der Waals surface area contributed by atoms with E-state index in [0.29, 0.717) is 57.3 Å². The van der Waals surface area contributed by atoms with Gasteiger partial charge in [0.2, 0.25) is 5.91 Å². The first-order valence-electron chi connectivity index (χ1n) is 14.2. The minimum absolute atomic E-state index is 0.106. The molecule has 0 aliphatic carbocycles. The van der Waals surface area contributed by atoms with Crippen LogP contribution in [0.15, 0.2) is 61.3 Å². The summed E-state index contributed by atoms with van der Waals surface area (Å²) in [4.78, 5) is 36.1. The normalized spacial score (nSPS) is 11.9. The lowest BCUT2D eigenvalue weighted by Gasteiger charge is -2.17. The standard InChI is InChI=1S/C32H33FN10O/c1-32(2,3)31(44)38-22-10-19(13-34-14-22)25-12-23-26(17-37-25)41-42-29(23)30-39-27-16-35-15-24(28(27)40-30)18-8-20(33)11-21(9-18)36-6-7-43(4)5/h8-17,36H,6-7H2,1-5H3,(H,38,44)(H,39,40)(H,41,42). The van der Waals surface area contributed by atoms with Crippen LogP contribution in [0.1, 0.15) is 20.8 Å². The van der Waals surface area contributed by atoms with Gasteiger partial charge in [-0.25, -0.2) is 9.37 Å². The van der Waals surface area contributed by atoms with Crippen LogP contribution in [0.2, 0.25) is 0 Å². The maximum Gasteiger partial charge on any atom is 0.229 e. The highest BCUT2D eigenvalue weighted by molar-refractivity contribution is 5.98. The van der Waals surface area contributed by atoms with E-state index >= 15 is 0 Å². The van der Waals surface area contributed by atoms with E-state index in [0.717, 1.165) is 23.0 Å². The first kappa shape index (κ1) is 28.9. The number of halogens is 1. The number of aromatic amines is 2. The summed E-state index contributed by atoms with van der Waals surface area (Å²) in [6, 6.07) is 8.61. The Balaban J connectivity index is 1.35. The highest BCUT2D eigenvalue weighted by atomic mass is 19.1. The molecule has 6 aromatic rings. The number of anilines is 2. The first-order chi connectivity index (χ1) is 21.0. The van der Waals surface area contributed by atoms with E-state index in [9.17, 15) is 9.18 Å². The minimum atomic E-state index is -0.541. The van der Waals surface area contributed by atoms with Gasteiger partial charge < -0.3 is 20.5 Å². The fourth-order valence-corrected chi connectivity index (χ4v) is 4.75. The fraction of sp³-hybridized carbons (Fsp3) is 0.250. The van der Waals surface area contributed by atoms with Crippen molar-refractivity contribution in [3.05, 3.63) is 67.1 Å². The number of likely N-dealkylation sites (N-methyl/N-ethyl adjacent to an activating group) is 1. The first-order valence-corrected chi connectivity index (χ1v) is 14.2. The fourth-order valence-electron chi connectivity index (χ4n) is 4.75. The lowest BCUT2D eigenvalue weighted by atomic mass is 9.95. The van der Waals surface area contributed by atoms with Crippen LogP contribution in [-0.2, 0) is 4.79 Å². The third kappa shape index (κ3) is 5.97. The van der Waals surface area contributed by atoms with Crippen molar-refractivity contribution in [3.8, 4) is 33.9 Å². The highest BCUT2D eigenvalue weighted by Crippen LogP contribution is 2.33. The zero-order valence-corrected chi connectivity index (χ0v) is 25.2. The number of aromatic nitrogens is 7. The minimum Gasteiger partial charge on any atom is -0.384 e. The monoisotopic (exact) mass is 592 g/mol. The number of hydrogen-bond acceptors (Lipinski definition) is 8. The molecular weight excluding hydrogens is 559 g/mol. The summed E-state index contributed by atoms with van der Waals surface area (Å²) in [6.07, 6.45) is 8.39. The van der Waals surface area contributed by atoms with Crippen LogP contribution >= 0.6 is 0 Å². The number of nitrogens with zero attached hydrogens (tertiary/aromatic N) is 6. The zero-order valence-electron chi connectivity index (χ0n) is 25.2. The van der Waals surface area contributed by atoms with Gasteiger partial charge in [0, 0.05) is 53.1 Å². The Morgan fingerprint density at radius 3 is 2.52 bits per heavy atom. The van der Waals surface area contributed by atoms with Gasteiger partial charge in [-0.1, -0.05) is 20.8 Å². The third-order valence-corrected chi connectivity index (χ3v) is 7.14. The summed E-state index contributed by atoms with van der Waals surface area (Å²) >= 11 is 0. The van der Waals surface area contributed by atoms with E-state index in [4.69, 9.17) is 4.98 Å². The second-order valence-electron chi connectivity index (χ2n) is 12.0. The SMILES string of the molecule is CN(C)CCNc1cc(F)cc(-c2cncc3[nH]c(-c4n[nH]c5cnc(-c6cncc(NC(=O)C(C)(C)C)c6)cc45)nc23)c1. The third-order valence-electron chi connectivity index (χ3n) is 7.14. The number of benzene rings is 1. The molecule has 224 valence electrons. The maximum absolute atomic E-state index is 14.7. The summed E-state index contributed by atoms with van der Waals surface area (Å²) in [5.74, 6) is 0.0750. The molecule has 0 aliphatic heterocycles. The predicted molar refractivity (Wildman–Crippen MR) is 171 cm³/mol. The second-order valence-corrected chi connectivity index (χ2v) is 12.0. The van der Waals surface area contributed by atoms with Crippen LogP contribution in [0.3, 0.4) is 0 Å². The van der Waals surface area contributed by atoms with Crippen molar-refractivity contribution in [3.63, 3.8) is 0 Å². The van der Waals surface area contributed by atoms with E-state index < -0.39 is 5.41 Å². The van der Waals surface area contributed by atoms with Gasteiger partial charge in [-0.2, -0.15) is 5.10 Å². The Morgan fingerprint density at radius 2 is 1.73 bits per heavy atom. The van der Waals surface area contributed by atoms with Gasteiger partial charge in [-0.15, -0.1) is 0 Å². The van der Waals surface area contributed by atoms with Crippen molar-refractivity contribution in [1.29, 1.82) is 0 Å². The van der Waals surface area contributed by atoms with E-state index in [2.05, 4.69) is 45.7 Å². The van der Waals surface area contributed by atoms with Crippen molar-refractivity contribution in [1.82, 2.24) is 40.0 Å². The van der Waals surface area contributed by atoms with Crippen molar-refractivity contribution >= 4 is 39.2 Å². The van der Waals surface area contributed by atoms with Gasteiger partial charge in [0.15, 0.2) is 5.82 Å². The molecule has 1 aromatic carbocycles. The molecule has 0 saturated heterocycles. The Morgan fingerprint density at radius 1 is 0.932 bits per heavy atom. The summed E-state index contributed by atoms with van der Waals surface area (Å²) in [7, 11) is 3.98. The summed E-state index contributed by atoms with van der Waals surface area (Å²) in [5, 5.41) is 14.6. The van der Waals surface area contributed by atoms with Crippen LogP contribution in [-0.4, -0.2) is 73.1 Å². The number of pyridine rings is 3. The molecule has 0 saturated carbocycles. The number of carbonyl (C=O) groups excluding carboxylic acids is 1. The lowest BCUT2D eigenvalue weighted by Crippen LogP contribution is -2.27. The molecule has 0 spiro atoms. The molecular formula is C32H33FN10O. The van der Waals surface area contributed by atoms with E-state index in [-0.39, 0.29) is 11.7 Å². The number of imidazole rings is 1. The molecule has 5 heterocycles. The molecule has 4 N–H and O–H groups in total. The van der Waals surface area contributed by atoms with Gasteiger partial charge in [0.25, 0.3) is 0 Å². The number of nitrogens with one attached hydrogen (secondary N) is 4. The molecule has 0 fully saturated rings. The summed E-state index contributed by atoms with van der Waals surface area (Å²) in [5.41, 5.74) is 6.16. The molecule has 0 unspecified atom stereocenters. The zero-order chi connectivity index (χ0) is 31.0. The van der Waals surface area contributed by atoms with Gasteiger partial charge in [0.1, 0.15) is 11.5 Å². The van der Waals surface area contributed by atoms with Crippen LogP contribution in [0.5, 0.6) is 0 Å². The number of hydrogen-bond donors (Lipinski definition) is 4. The average molecular weight is 593 g/mol. The second kappa shape index (κ2) is 11.5. The molecule has 0 radical (unpaired) electrons. The maximum atomic E-state index is 14.7. The molecule has 6 rings (SSSR count). The van der Waals surface area contributed by atoms with E-state index in [1.807, 2.05) is 53.1 Å². The largest absolute Gasteiger partial charge is 0.384 e. The molecule has 5 aromatic heterocycles. The summed E-state index contributed by atoms with van der Waals surface area (Å²) in [6.45, 7) is 7.06. The number of carbonyl (C=O) groups is 1. The van der Waals surface area contributed by atoms with Gasteiger partial charge >= 0.3 is 0 Å². The van der Waals surface area contributed by atoms with Crippen LogP contribution in [0, 0.1) is 11.2 Å². The highest BCUT2D eigenvalue weighted by Gasteiger charge is 2.22. The van der Waals surface area contributed by atoms with Gasteiger partial charge in [0.05, 0.1) is 46.5 Å². The Labute approximate surface area is 253 Å². The lowest BCUT2D eigenvalue weighted by molar-refractivity contribution is -0.123. The number of amides is 1. The van der Waals surface area contributed by atoms with Crippen molar-refractivity contribution in [2.24, 2.45) is 5.41 Å². The molecule has 1 amide bonds. The average Bonchev–Trinajstić information content (AvgIpc) is 3.60. The van der Waals surface area contributed by atoms with Gasteiger partial charge in [-0.05, 0) is 50.0 Å². The van der Waals surface area contributed by atoms with Crippen LogP contribution in [0.4, 0.5) is 15.8 Å². The molecule has 11 nitrogen and oxygen atoms in total. The van der Waals surface area contributed by atoms with Crippen molar-refractivity contribution < 1.29 is 9.18 Å². The van der Waals surface area contributed by atoms with Crippen molar-refractivity contribution in [2.75, 3.05) is 37.8 Å². The molecule has 0 atom stereocenters. The Hall–Kier alpha value is -5.23. The van der Waals surface area contributed by atoms with E-state index in [1.54, 1.807) is 31.0 Å². The Kier molecular flexibility index (Phi) is 7.52. The van der Waals surface area contributed by atoms with E-state index in [1.165, 1.54) is 12.1 Å². The molecule has 0 bridgehead atoms. The summed E-state index contributed by atoms with van der Waals surface area (Å²) < 4.78 is 14.7. The topological polar surface area (TPSA) is 140 Å². The number of rotatable bonds is 8. The Bertz CT molecular complexity index is 1990. The molecule has 0 aliphatic rings. The quantitative estimate of drug-likeness (QED) is 0.176. The molecule has 12 heteroatoms. The molecule has 44 heavy (non-hydrogen) atoms. The smallest absolute Gasteiger partial charge is 0.229 e. The predicted octanol–water partition coefficient (Wildman–Crippen LogP) is 5.72. The number of H-pyrrole nitrogens is 2.